The first-order valence-electron chi connectivity index (χ1n) is 10.7. The Morgan fingerprint density at radius 1 is 1.32 bits per heavy atom. The molecule has 6 nitrogen and oxygen atoms in total. The third-order valence-corrected chi connectivity index (χ3v) is 6.68. The van der Waals surface area contributed by atoms with Crippen molar-refractivity contribution in [2.45, 2.75) is 50.4 Å². The van der Waals surface area contributed by atoms with Crippen LogP contribution in [0.4, 0.5) is 0 Å². The monoisotopic (exact) mass is 419 g/mol. The molecular formula is C25H25NO5. The van der Waals surface area contributed by atoms with E-state index in [-0.39, 0.29) is 42.3 Å². The minimum absolute atomic E-state index is 0.0626. The molecule has 4 atom stereocenters. The van der Waals surface area contributed by atoms with Crippen molar-refractivity contribution in [1.82, 2.24) is 4.98 Å². The Kier molecular flexibility index (Phi) is 4.89. The fourth-order valence-electron chi connectivity index (χ4n) is 4.76. The lowest BCUT2D eigenvalue weighted by Crippen LogP contribution is -2.29. The number of nitrogens with zero attached hydrogens (tertiary/aromatic N) is 1. The van der Waals surface area contributed by atoms with Crippen LogP contribution in [0.2, 0.25) is 0 Å². The van der Waals surface area contributed by atoms with Crippen LogP contribution in [0.5, 0.6) is 0 Å². The van der Waals surface area contributed by atoms with Crippen LogP contribution in [0.15, 0.2) is 60.3 Å². The average Bonchev–Trinajstić information content (AvgIpc) is 3.37. The van der Waals surface area contributed by atoms with Crippen molar-refractivity contribution < 1.29 is 23.8 Å². The van der Waals surface area contributed by atoms with E-state index >= 15 is 0 Å². The summed E-state index contributed by atoms with van der Waals surface area (Å²) in [6.07, 6.45) is 6.55. The lowest BCUT2D eigenvalue weighted by molar-refractivity contribution is -0.140. The minimum Gasteiger partial charge on any atom is -0.458 e. The van der Waals surface area contributed by atoms with Crippen LogP contribution in [0.25, 0.3) is 10.9 Å². The van der Waals surface area contributed by atoms with Crippen LogP contribution in [-0.4, -0.2) is 41.3 Å². The molecule has 0 spiro atoms. The standard InChI is InChI=1S/C25H25NO5/c1-15-18-11-10-16(6-4-12-25(2)22(31-25)21(18)30-23(15)27)14-29-24(28)19-9-3-7-17-8-5-13-26-20(17)19/h3,5-9,13,18,21-22H,1,4,10-12,14H2,2H3/t18-,21-,22-,25+/m0/s1. The molecule has 0 N–H and O–H groups in total. The Bertz CT molecular complexity index is 1100. The van der Waals surface area contributed by atoms with Crippen molar-refractivity contribution in [2.24, 2.45) is 5.92 Å². The van der Waals surface area contributed by atoms with Gasteiger partial charge in [0.05, 0.1) is 16.7 Å². The van der Waals surface area contributed by atoms with Crippen LogP contribution in [0, 0.1) is 5.92 Å². The van der Waals surface area contributed by atoms with Gasteiger partial charge in [-0.2, -0.15) is 0 Å². The number of carbonyl (C=O) groups is 2. The van der Waals surface area contributed by atoms with Gasteiger partial charge in [-0.25, -0.2) is 9.59 Å². The van der Waals surface area contributed by atoms with Crippen molar-refractivity contribution in [1.29, 1.82) is 0 Å². The summed E-state index contributed by atoms with van der Waals surface area (Å²) < 4.78 is 17.2. The number of hydrogen-bond acceptors (Lipinski definition) is 6. The van der Waals surface area contributed by atoms with Crippen LogP contribution < -0.4 is 0 Å². The second-order valence-electron chi connectivity index (χ2n) is 8.75. The third-order valence-electron chi connectivity index (χ3n) is 6.68. The molecule has 2 aromatic rings. The van der Waals surface area contributed by atoms with Gasteiger partial charge in [0.25, 0.3) is 0 Å². The van der Waals surface area contributed by atoms with E-state index < -0.39 is 0 Å². The number of hydrogen-bond donors (Lipinski definition) is 0. The molecule has 2 aliphatic heterocycles. The fraction of sp³-hybridized carbons (Fsp3) is 0.400. The molecule has 0 amide bonds. The SMILES string of the molecule is C=C1C(=O)O[C@H]2[C@H]1CCC(COC(=O)c1cccc3cccnc13)=CCC[C@@]1(C)O[C@@H]21. The summed E-state index contributed by atoms with van der Waals surface area (Å²) in [7, 11) is 0. The van der Waals surface area contributed by atoms with E-state index in [1.165, 1.54) is 0 Å². The summed E-state index contributed by atoms with van der Waals surface area (Å²) in [6.45, 7) is 6.22. The molecule has 0 unspecified atom stereocenters. The summed E-state index contributed by atoms with van der Waals surface area (Å²) in [5, 5.41) is 0.901. The van der Waals surface area contributed by atoms with Crippen molar-refractivity contribution in [3.05, 3.63) is 65.9 Å². The lowest BCUT2D eigenvalue weighted by atomic mass is 9.84. The predicted octanol–water partition coefficient (Wildman–Crippen LogP) is 4.15. The molecule has 2 saturated heterocycles. The Hall–Kier alpha value is -2.99. The number of allylic oxidation sites excluding steroid dienone is 1. The largest absolute Gasteiger partial charge is 0.458 e. The molecule has 6 heteroatoms. The lowest BCUT2D eigenvalue weighted by Gasteiger charge is -2.20. The van der Waals surface area contributed by atoms with E-state index in [1.807, 2.05) is 24.3 Å². The van der Waals surface area contributed by atoms with E-state index in [4.69, 9.17) is 14.2 Å². The zero-order valence-corrected chi connectivity index (χ0v) is 17.5. The van der Waals surface area contributed by atoms with Crippen LogP contribution in [0.3, 0.4) is 0 Å². The van der Waals surface area contributed by atoms with E-state index in [2.05, 4.69) is 24.6 Å². The first-order valence-corrected chi connectivity index (χ1v) is 10.7. The normalized spacial score (nSPS) is 30.1. The molecule has 0 radical (unpaired) electrons. The highest BCUT2D eigenvalue weighted by Gasteiger charge is 2.61. The van der Waals surface area contributed by atoms with Gasteiger partial charge in [0, 0.05) is 23.1 Å². The van der Waals surface area contributed by atoms with Gasteiger partial charge in [0.2, 0.25) is 0 Å². The Labute approximate surface area is 180 Å². The highest BCUT2D eigenvalue weighted by Crippen LogP contribution is 2.49. The van der Waals surface area contributed by atoms with Gasteiger partial charge in [-0.05, 0) is 50.3 Å². The van der Waals surface area contributed by atoms with E-state index in [0.717, 1.165) is 23.8 Å². The molecular weight excluding hydrogens is 394 g/mol. The zero-order chi connectivity index (χ0) is 21.6. The number of para-hydroxylation sites is 1. The Morgan fingerprint density at radius 2 is 2.16 bits per heavy atom. The summed E-state index contributed by atoms with van der Waals surface area (Å²) in [4.78, 5) is 29.2. The summed E-state index contributed by atoms with van der Waals surface area (Å²) in [6, 6.07) is 9.26. The van der Waals surface area contributed by atoms with E-state index in [0.29, 0.717) is 29.5 Å². The molecule has 1 aliphatic carbocycles. The van der Waals surface area contributed by atoms with Crippen molar-refractivity contribution >= 4 is 22.8 Å². The number of esters is 2. The number of ether oxygens (including phenoxy) is 3. The second-order valence-corrected chi connectivity index (χ2v) is 8.75. The summed E-state index contributed by atoms with van der Waals surface area (Å²) in [5.74, 6) is -0.784. The van der Waals surface area contributed by atoms with Crippen LogP contribution >= 0.6 is 0 Å². The van der Waals surface area contributed by atoms with Gasteiger partial charge in [-0.1, -0.05) is 30.9 Å². The number of benzene rings is 1. The summed E-state index contributed by atoms with van der Waals surface area (Å²) >= 11 is 0. The maximum atomic E-state index is 12.8. The number of epoxide rings is 1. The van der Waals surface area contributed by atoms with Crippen molar-refractivity contribution in [3.63, 3.8) is 0 Å². The highest BCUT2D eigenvalue weighted by atomic mass is 16.6. The topological polar surface area (TPSA) is 78.0 Å². The third kappa shape index (κ3) is 3.65. The van der Waals surface area contributed by atoms with Gasteiger partial charge in [-0.3, -0.25) is 4.98 Å². The van der Waals surface area contributed by atoms with Gasteiger partial charge in [0.1, 0.15) is 18.8 Å². The maximum absolute atomic E-state index is 12.8. The highest BCUT2D eigenvalue weighted by molar-refractivity contribution is 6.02. The minimum atomic E-state index is -0.387. The molecule has 0 saturated carbocycles. The van der Waals surface area contributed by atoms with Gasteiger partial charge in [0.15, 0.2) is 0 Å². The van der Waals surface area contributed by atoms with E-state index in [1.54, 1.807) is 12.3 Å². The smallest absolute Gasteiger partial charge is 0.340 e. The molecule has 31 heavy (non-hydrogen) atoms. The van der Waals surface area contributed by atoms with Crippen LogP contribution in [0.1, 0.15) is 43.0 Å². The Morgan fingerprint density at radius 3 is 3.03 bits per heavy atom. The number of carbonyl (C=O) groups excluding carboxylic acids is 2. The number of rotatable bonds is 3. The molecule has 1 aromatic heterocycles. The average molecular weight is 419 g/mol. The quantitative estimate of drug-likeness (QED) is 0.322. The first-order chi connectivity index (χ1) is 15.0. The van der Waals surface area contributed by atoms with Gasteiger partial charge in [-0.15, -0.1) is 0 Å². The fourth-order valence-corrected chi connectivity index (χ4v) is 4.76. The molecule has 2 fully saturated rings. The number of fused-ring (bicyclic) bond motifs is 4. The number of aromatic nitrogens is 1. The molecule has 160 valence electrons. The zero-order valence-electron chi connectivity index (χ0n) is 17.5. The number of pyridine rings is 1. The van der Waals surface area contributed by atoms with Crippen molar-refractivity contribution in [2.75, 3.05) is 6.61 Å². The van der Waals surface area contributed by atoms with Crippen LogP contribution in [-0.2, 0) is 19.0 Å². The molecule has 3 aliphatic rings. The van der Waals surface area contributed by atoms with Crippen molar-refractivity contribution in [3.8, 4) is 0 Å². The molecule has 3 heterocycles. The van der Waals surface area contributed by atoms with E-state index in [9.17, 15) is 9.59 Å². The molecule has 1 aromatic carbocycles. The second kappa shape index (κ2) is 7.61. The first kappa shape index (κ1) is 19.9. The molecule has 0 bridgehead atoms. The Balaban J connectivity index is 1.31. The van der Waals surface area contributed by atoms with Gasteiger partial charge >= 0.3 is 11.9 Å². The molecule has 5 rings (SSSR count). The summed E-state index contributed by atoms with van der Waals surface area (Å²) in [5.41, 5.74) is 2.37. The maximum Gasteiger partial charge on any atom is 0.340 e. The predicted molar refractivity (Wildman–Crippen MR) is 114 cm³/mol. The van der Waals surface area contributed by atoms with Gasteiger partial charge < -0.3 is 14.2 Å².